The van der Waals surface area contributed by atoms with Crippen LogP contribution >= 0.6 is 0 Å². The summed E-state index contributed by atoms with van der Waals surface area (Å²) >= 11 is 0. The molecule has 4 N–H and O–H groups in total. The van der Waals surface area contributed by atoms with Gasteiger partial charge in [0.1, 0.15) is 29.5 Å². The normalized spacial score (nSPS) is 32.5. The summed E-state index contributed by atoms with van der Waals surface area (Å²) in [4.78, 5) is 83.1. The van der Waals surface area contributed by atoms with Crippen LogP contribution in [0.1, 0.15) is 97.1 Å². The molecule has 3 fully saturated rings. The predicted octanol–water partition coefficient (Wildman–Crippen LogP) is 3.83. The van der Waals surface area contributed by atoms with Gasteiger partial charge in [0.25, 0.3) is 0 Å². The molecule has 2 bridgehead atoms. The van der Waals surface area contributed by atoms with E-state index < -0.39 is 112 Å². The number of hydrogen-bond acceptors (Lipinski definition) is 15. The van der Waals surface area contributed by atoms with Gasteiger partial charge in [0.15, 0.2) is 23.6 Å². The Balaban J connectivity index is 1.57. The first-order chi connectivity index (χ1) is 28.4. The molecule has 2 saturated carbocycles. The van der Waals surface area contributed by atoms with E-state index in [2.05, 4.69) is 5.32 Å². The Bertz CT molecular complexity index is 2100. The van der Waals surface area contributed by atoms with Gasteiger partial charge in [-0.1, -0.05) is 68.0 Å². The van der Waals surface area contributed by atoms with Crippen molar-refractivity contribution in [3.05, 3.63) is 82.9 Å². The van der Waals surface area contributed by atoms with Crippen LogP contribution in [0.5, 0.6) is 0 Å². The van der Waals surface area contributed by atoms with Crippen molar-refractivity contribution in [1.82, 2.24) is 5.32 Å². The van der Waals surface area contributed by atoms with Gasteiger partial charge in [-0.3, -0.25) is 14.4 Å². The zero-order valence-corrected chi connectivity index (χ0v) is 35.8. The molecule has 0 aromatic heterocycles. The SMILES string of the molecule is CC(=O)O[C@H]1C(=O)[C@@]2(C)[C@H]([C@H](OC(=O)c3ccccc3)[C@]3(O)[C@H](OC(=O)[C@H](O)[C@@H](NC(=O)OC(C)(C)C)c4ccccc4)CC(C)=C1C3(C)C)[C@]1(OC(C)=O)CO[C@@H]1C[C@@H]2O. The molecule has 2 aromatic carbocycles. The molecule has 1 aliphatic heterocycles. The molecule has 0 unspecified atom stereocenters. The summed E-state index contributed by atoms with van der Waals surface area (Å²) in [6, 6.07) is 14.4. The van der Waals surface area contributed by atoms with Crippen LogP contribution in [0.15, 0.2) is 71.8 Å². The topological polar surface area (TPSA) is 231 Å². The van der Waals surface area contributed by atoms with Gasteiger partial charge in [-0.25, -0.2) is 14.4 Å². The molecule has 61 heavy (non-hydrogen) atoms. The number of Topliss-reactive ketones (excluding diaryl/α,β-unsaturated/α-hetero) is 1. The predicted molar refractivity (Wildman–Crippen MR) is 213 cm³/mol. The molecule has 11 atom stereocenters. The summed E-state index contributed by atoms with van der Waals surface area (Å²) in [6.07, 6.45) is -11.8. The van der Waals surface area contributed by atoms with Gasteiger partial charge in [-0.2, -0.15) is 0 Å². The van der Waals surface area contributed by atoms with E-state index in [4.69, 9.17) is 28.4 Å². The maximum absolute atomic E-state index is 15.3. The fraction of sp³-hybridized carbons (Fsp3) is 0.556. The van der Waals surface area contributed by atoms with E-state index in [1.54, 1.807) is 76.2 Å². The van der Waals surface area contributed by atoms with Gasteiger partial charge in [0.2, 0.25) is 0 Å². The average Bonchev–Trinajstić information content (AvgIpc) is 3.17. The number of nitrogens with one attached hydrogen (secondary N) is 1. The Morgan fingerprint density at radius 3 is 2.05 bits per heavy atom. The first-order valence-electron chi connectivity index (χ1n) is 20.2. The van der Waals surface area contributed by atoms with Crippen LogP contribution in [0, 0.1) is 16.7 Å². The number of fused-ring (bicyclic) bond motifs is 5. The van der Waals surface area contributed by atoms with Crippen molar-refractivity contribution in [2.75, 3.05) is 6.61 Å². The lowest BCUT2D eigenvalue weighted by atomic mass is 9.44. The Kier molecular flexibility index (Phi) is 12.1. The van der Waals surface area contributed by atoms with Crippen LogP contribution < -0.4 is 5.32 Å². The van der Waals surface area contributed by atoms with Crippen LogP contribution in [0.4, 0.5) is 4.79 Å². The van der Waals surface area contributed by atoms with Gasteiger partial charge in [-0.15, -0.1) is 0 Å². The molecule has 330 valence electrons. The number of aliphatic hydroxyl groups is 3. The Morgan fingerprint density at radius 2 is 1.51 bits per heavy atom. The van der Waals surface area contributed by atoms with E-state index in [1.165, 1.54) is 32.9 Å². The lowest BCUT2D eigenvalue weighted by Crippen LogP contribution is -2.83. The number of esters is 4. The first kappa shape index (κ1) is 45.4. The van der Waals surface area contributed by atoms with Gasteiger partial charge >= 0.3 is 30.0 Å². The minimum absolute atomic E-state index is 0.0294. The molecule has 1 amide bonds. The van der Waals surface area contributed by atoms with E-state index in [0.29, 0.717) is 11.1 Å². The number of ether oxygens (including phenoxy) is 6. The smallest absolute Gasteiger partial charge is 0.408 e. The second-order valence-electron chi connectivity index (χ2n) is 18.2. The first-order valence-corrected chi connectivity index (χ1v) is 20.2. The van der Waals surface area contributed by atoms with Gasteiger partial charge < -0.3 is 49.1 Å². The minimum atomic E-state index is -2.64. The monoisotopic (exact) mass is 849 g/mol. The van der Waals surface area contributed by atoms with E-state index in [0.717, 1.165) is 13.8 Å². The number of ketones is 1. The third-order valence-electron chi connectivity index (χ3n) is 12.7. The molecule has 3 aliphatic carbocycles. The summed E-state index contributed by atoms with van der Waals surface area (Å²) in [5.74, 6) is -6.44. The lowest BCUT2D eigenvalue weighted by Gasteiger charge is -2.67. The van der Waals surface area contributed by atoms with Crippen LogP contribution in [0.3, 0.4) is 0 Å². The summed E-state index contributed by atoms with van der Waals surface area (Å²) < 4.78 is 35.8. The Hall–Kier alpha value is -5.16. The summed E-state index contributed by atoms with van der Waals surface area (Å²) in [6.45, 7) is 12.8. The highest BCUT2D eigenvalue weighted by Gasteiger charge is 2.79. The number of amides is 1. The van der Waals surface area contributed by atoms with E-state index >= 15 is 4.79 Å². The Labute approximate surface area is 353 Å². The van der Waals surface area contributed by atoms with Crippen molar-refractivity contribution in [3.8, 4) is 0 Å². The van der Waals surface area contributed by atoms with Crippen LogP contribution in [0.2, 0.25) is 0 Å². The molecule has 6 rings (SSSR count). The molecular formula is C45H55NO15. The molecule has 2 aromatic rings. The molecule has 1 heterocycles. The zero-order chi connectivity index (χ0) is 45.0. The second kappa shape index (κ2) is 16.3. The average molecular weight is 850 g/mol. The zero-order valence-electron chi connectivity index (χ0n) is 35.8. The highest BCUT2D eigenvalue weighted by Crippen LogP contribution is 2.64. The number of benzene rings is 2. The van der Waals surface area contributed by atoms with Gasteiger partial charge in [0, 0.05) is 32.1 Å². The van der Waals surface area contributed by atoms with Crippen LogP contribution in [-0.4, -0.2) is 111 Å². The van der Waals surface area contributed by atoms with Crippen molar-refractivity contribution in [2.45, 2.75) is 135 Å². The number of carbonyl (C=O) groups is 6. The number of rotatable bonds is 9. The maximum Gasteiger partial charge on any atom is 0.408 e. The number of carbonyl (C=O) groups excluding carboxylic acids is 6. The third-order valence-corrected chi connectivity index (χ3v) is 12.7. The van der Waals surface area contributed by atoms with E-state index in [1.807, 2.05) is 0 Å². The van der Waals surface area contributed by atoms with Crippen molar-refractivity contribution in [3.63, 3.8) is 0 Å². The molecule has 16 heteroatoms. The third kappa shape index (κ3) is 7.83. The summed E-state index contributed by atoms with van der Waals surface area (Å²) in [5.41, 5.74) is -8.59. The second-order valence-corrected chi connectivity index (χ2v) is 18.2. The van der Waals surface area contributed by atoms with Crippen molar-refractivity contribution < 1.29 is 72.5 Å². The minimum Gasteiger partial charge on any atom is -0.457 e. The fourth-order valence-electron chi connectivity index (χ4n) is 9.96. The van der Waals surface area contributed by atoms with Crippen LogP contribution in [0.25, 0.3) is 0 Å². The van der Waals surface area contributed by atoms with Gasteiger partial charge in [-0.05, 0) is 57.9 Å². The highest BCUT2D eigenvalue weighted by atomic mass is 16.6. The standard InChI is InChI=1S/C45H55NO15/c1-23-20-30(58-39(53)33(50)32(26-16-12-10-13-17-26)46-40(54)61-41(4,5)6)45(55)37(59-38(52)27-18-14-11-15-19-27)35-43(9,28(49)21-29-44(35,22-56-29)60-25(3)48)36(51)34(57-24(2)47)31(23)42(45,7)8/h10-19,28-30,32-35,37,49-50,55H,20-22H2,1-9H3,(H,46,54)/t28-,29+,30+,32-,33+,34+,35-,37-,43+,44-,45+/m0/s1. The largest absolute Gasteiger partial charge is 0.457 e. The highest BCUT2D eigenvalue weighted by molar-refractivity contribution is 5.95. The summed E-state index contributed by atoms with van der Waals surface area (Å²) in [7, 11) is 0. The van der Waals surface area contributed by atoms with Crippen LogP contribution in [-0.2, 0) is 47.6 Å². The fourth-order valence-corrected chi connectivity index (χ4v) is 9.96. The van der Waals surface area contributed by atoms with E-state index in [-0.39, 0.29) is 30.6 Å². The number of alkyl carbamates (subject to hydrolysis) is 1. The quantitative estimate of drug-likeness (QED) is 0.160. The molecule has 0 radical (unpaired) electrons. The van der Waals surface area contributed by atoms with Crippen molar-refractivity contribution >= 4 is 35.8 Å². The molecule has 0 spiro atoms. The molecular weight excluding hydrogens is 794 g/mol. The molecule has 4 aliphatic rings. The lowest BCUT2D eigenvalue weighted by molar-refractivity contribution is -0.350. The molecule has 1 saturated heterocycles. The number of aliphatic hydroxyl groups excluding tert-OH is 2. The van der Waals surface area contributed by atoms with Gasteiger partial charge in [0.05, 0.1) is 35.6 Å². The maximum atomic E-state index is 15.3. The molecule has 16 nitrogen and oxygen atoms in total. The van der Waals surface area contributed by atoms with Crippen molar-refractivity contribution in [1.29, 1.82) is 0 Å². The van der Waals surface area contributed by atoms with Crippen molar-refractivity contribution in [2.24, 2.45) is 16.7 Å². The van der Waals surface area contributed by atoms with E-state index in [9.17, 15) is 39.3 Å². The summed E-state index contributed by atoms with van der Waals surface area (Å²) in [5, 5.41) is 40.4. The Morgan fingerprint density at radius 1 is 0.902 bits per heavy atom. The number of hydrogen-bond donors (Lipinski definition) is 4.